The highest BCUT2D eigenvalue weighted by Crippen LogP contribution is 2.24. The molecule has 1 aromatic carbocycles. The number of nitrogens with one attached hydrogen (secondary N) is 1. The van der Waals surface area contributed by atoms with Gasteiger partial charge in [-0.3, -0.25) is 9.69 Å². The molecule has 0 saturated carbocycles. The topological polar surface area (TPSA) is 32.3 Å². The van der Waals surface area contributed by atoms with Gasteiger partial charge in [0.2, 0.25) is 5.91 Å². The Hall–Kier alpha value is -1.35. The van der Waals surface area contributed by atoms with E-state index in [2.05, 4.69) is 41.4 Å². The minimum atomic E-state index is 0.0484. The summed E-state index contributed by atoms with van der Waals surface area (Å²) in [6.45, 7) is 8.96. The average molecular weight is 274 g/mol. The quantitative estimate of drug-likeness (QED) is 0.895. The van der Waals surface area contributed by atoms with E-state index in [-0.39, 0.29) is 11.8 Å². The summed E-state index contributed by atoms with van der Waals surface area (Å²) in [6, 6.07) is 9.01. The van der Waals surface area contributed by atoms with Gasteiger partial charge >= 0.3 is 0 Å². The van der Waals surface area contributed by atoms with Gasteiger partial charge in [0.25, 0.3) is 0 Å². The van der Waals surface area contributed by atoms with E-state index >= 15 is 0 Å². The van der Waals surface area contributed by atoms with Crippen LogP contribution in [0.2, 0.25) is 0 Å². The summed E-state index contributed by atoms with van der Waals surface area (Å²) in [5.74, 6) is 0.188. The number of nitrogens with zero attached hydrogens (tertiary/aromatic N) is 1. The van der Waals surface area contributed by atoms with Crippen LogP contribution in [0.1, 0.15) is 43.9 Å². The van der Waals surface area contributed by atoms with Gasteiger partial charge in [-0.05, 0) is 38.4 Å². The monoisotopic (exact) mass is 274 g/mol. The molecule has 1 fully saturated rings. The predicted molar refractivity (Wildman–Crippen MR) is 82.6 cm³/mol. The zero-order chi connectivity index (χ0) is 14.5. The summed E-state index contributed by atoms with van der Waals surface area (Å²) in [4.78, 5) is 14.3. The lowest BCUT2D eigenvalue weighted by Gasteiger charge is -2.28. The number of benzene rings is 1. The Morgan fingerprint density at radius 3 is 2.35 bits per heavy atom. The van der Waals surface area contributed by atoms with Gasteiger partial charge in [0.05, 0.1) is 6.04 Å². The minimum absolute atomic E-state index is 0.0484. The first-order chi connectivity index (χ1) is 9.58. The van der Waals surface area contributed by atoms with Crippen molar-refractivity contribution in [2.45, 2.75) is 39.7 Å². The molecule has 0 aliphatic carbocycles. The van der Waals surface area contributed by atoms with Crippen LogP contribution in [0, 0.1) is 12.8 Å². The van der Waals surface area contributed by atoms with Crippen molar-refractivity contribution >= 4 is 5.91 Å². The second kappa shape index (κ2) is 6.89. The van der Waals surface area contributed by atoms with E-state index in [1.165, 1.54) is 24.0 Å². The van der Waals surface area contributed by atoms with E-state index in [4.69, 9.17) is 0 Å². The van der Waals surface area contributed by atoms with Crippen LogP contribution in [-0.2, 0) is 4.79 Å². The Morgan fingerprint density at radius 2 is 1.80 bits per heavy atom. The van der Waals surface area contributed by atoms with Gasteiger partial charge < -0.3 is 5.32 Å². The molecule has 1 amide bonds. The van der Waals surface area contributed by atoms with E-state index in [1.54, 1.807) is 0 Å². The molecule has 1 aromatic rings. The van der Waals surface area contributed by atoms with E-state index < -0.39 is 0 Å². The maximum Gasteiger partial charge on any atom is 0.222 e. The summed E-state index contributed by atoms with van der Waals surface area (Å²) in [7, 11) is 0. The van der Waals surface area contributed by atoms with Crippen molar-refractivity contribution in [2.75, 3.05) is 19.6 Å². The number of likely N-dealkylation sites (tertiary alicyclic amines) is 1. The van der Waals surface area contributed by atoms with Gasteiger partial charge in [0.15, 0.2) is 0 Å². The van der Waals surface area contributed by atoms with Gasteiger partial charge in [-0.15, -0.1) is 0 Å². The van der Waals surface area contributed by atoms with Gasteiger partial charge in [-0.1, -0.05) is 43.7 Å². The van der Waals surface area contributed by atoms with Gasteiger partial charge in [-0.25, -0.2) is 0 Å². The molecule has 1 N–H and O–H groups in total. The number of hydrogen-bond donors (Lipinski definition) is 1. The molecular formula is C17H26N2O. The Balaban J connectivity index is 2.08. The van der Waals surface area contributed by atoms with Crippen molar-refractivity contribution in [2.24, 2.45) is 5.92 Å². The average Bonchev–Trinajstić information content (AvgIpc) is 2.94. The number of amides is 1. The lowest BCUT2D eigenvalue weighted by molar-refractivity contribution is -0.124. The van der Waals surface area contributed by atoms with Crippen molar-refractivity contribution < 1.29 is 4.79 Å². The highest BCUT2D eigenvalue weighted by atomic mass is 16.1. The largest absolute Gasteiger partial charge is 0.354 e. The number of aryl methyl sites for hydroxylation is 1. The lowest BCUT2D eigenvalue weighted by Crippen LogP contribution is -2.38. The highest BCUT2D eigenvalue weighted by Gasteiger charge is 2.24. The molecule has 2 rings (SSSR count). The summed E-state index contributed by atoms with van der Waals surface area (Å²) in [6.07, 6.45) is 2.53. The van der Waals surface area contributed by atoms with Crippen LogP contribution in [0.4, 0.5) is 0 Å². The maximum atomic E-state index is 11.8. The summed E-state index contributed by atoms with van der Waals surface area (Å²) in [5.41, 5.74) is 2.58. The SMILES string of the molecule is Cc1ccc([C@H](CNC(=O)C(C)C)N2CCCC2)cc1. The summed E-state index contributed by atoms with van der Waals surface area (Å²) in [5, 5.41) is 3.09. The second-order valence-corrected chi connectivity index (χ2v) is 6.07. The fraction of sp³-hybridized carbons (Fsp3) is 0.588. The van der Waals surface area contributed by atoms with Gasteiger partial charge in [-0.2, -0.15) is 0 Å². The number of rotatable bonds is 5. The fourth-order valence-electron chi connectivity index (χ4n) is 2.70. The highest BCUT2D eigenvalue weighted by molar-refractivity contribution is 5.77. The number of hydrogen-bond acceptors (Lipinski definition) is 2. The van der Waals surface area contributed by atoms with E-state index in [1.807, 2.05) is 13.8 Å². The van der Waals surface area contributed by atoms with E-state index in [0.717, 1.165) is 13.1 Å². The van der Waals surface area contributed by atoms with Gasteiger partial charge in [0, 0.05) is 12.5 Å². The number of carbonyl (C=O) groups is 1. The normalized spacial score (nSPS) is 17.4. The van der Waals surface area contributed by atoms with Gasteiger partial charge in [0.1, 0.15) is 0 Å². The fourth-order valence-corrected chi connectivity index (χ4v) is 2.70. The van der Waals surface area contributed by atoms with E-state index in [0.29, 0.717) is 12.6 Å². The van der Waals surface area contributed by atoms with Crippen LogP contribution >= 0.6 is 0 Å². The smallest absolute Gasteiger partial charge is 0.222 e. The molecule has 1 atom stereocenters. The molecular weight excluding hydrogens is 248 g/mol. The molecule has 1 aliphatic heterocycles. The predicted octanol–water partition coefficient (Wildman–Crippen LogP) is 2.90. The lowest BCUT2D eigenvalue weighted by atomic mass is 10.0. The molecule has 110 valence electrons. The standard InChI is InChI=1S/C17H26N2O/c1-13(2)17(20)18-12-16(19-10-4-5-11-19)15-8-6-14(3)7-9-15/h6-9,13,16H,4-5,10-12H2,1-3H3,(H,18,20)/t16-/m0/s1. The molecule has 1 saturated heterocycles. The minimum Gasteiger partial charge on any atom is -0.354 e. The molecule has 0 bridgehead atoms. The van der Waals surface area contributed by atoms with Crippen LogP contribution in [0.15, 0.2) is 24.3 Å². The molecule has 1 heterocycles. The van der Waals surface area contributed by atoms with Crippen molar-refractivity contribution in [3.8, 4) is 0 Å². The van der Waals surface area contributed by atoms with E-state index in [9.17, 15) is 4.79 Å². The number of carbonyl (C=O) groups excluding carboxylic acids is 1. The molecule has 0 aromatic heterocycles. The van der Waals surface area contributed by atoms with Crippen LogP contribution < -0.4 is 5.32 Å². The zero-order valence-electron chi connectivity index (χ0n) is 12.9. The Bertz CT molecular complexity index is 433. The molecule has 1 aliphatic rings. The summed E-state index contributed by atoms with van der Waals surface area (Å²) >= 11 is 0. The molecule has 3 heteroatoms. The van der Waals surface area contributed by atoms with Crippen molar-refractivity contribution in [1.82, 2.24) is 10.2 Å². The van der Waals surface area contributed by atoms with Crippen molar-refractivity contribution in [1.29, 1.82) is 0 Å². The Labute approximate surface area is 122 Å². The second-order valence-electron chi connectivity index (χ2n) is 6.07. The van der Waals surface area contributed by atoms with Crippen LogP contribution in [0.5, 0.6) is 0 Å². The third-order valence-corrected chi connectivity index (χ3v) is 4.04. The third-order valence-electron chi connectivity index (χ3n) is 4.04. The first kappa shape index (κ1) is 15.0. The first-order valence-corrected chi connectivity index (χ1v) is 7.66. The molecule has 0 unspecified atom stereocenters. The zero-order valence-corrected chi connectivity index (χ0v) is 12.9. The molecule has 3 nitrogen and oxygen atoms in total. The molecule has 0 spiro atoms. The molecule has 20 heavy (non-hydrogen) atoms. The Morgan fingerprint density at radius 1 is 1.20 bits per heavy atom. The third kappa shape index (κ3) is 3.83. The molecule has 0 radical (unpaired) electrons. The van der Waals surface area contributed by atoms with Crippen LogP contribution in [0.25, 0.3) is 0 Å². The van der Waals surface area contributed by atoms with Crippen LogP contribution in [-0.4, -0.2) is 30.4 Å². The van der Waals surface area contributed by atoms with Crippen LogP contribution in [0.3, 0.4) is 0 Å². The first-order valence-electron chi connectivity index (χ1n) is 7.66. The van der Waals surface area contributed by atoms with Crippen molar-refractivity contribution in [3.05, 3.63) is 35.4 Å². The Kier molecular flexibility index (Phi) is 5.18. The maximum absolute atomic E-state index is 11.8. The van der Waals surface area contributed by atoms with Crippen molar-refractivity contribution in [3.63, 3.8) is 0 Å². The summed E-state index contributed by atoms with van der Waals surface area (Å²) < 4.78 is 0.